The molecule has 2 N–H and O–H groups in total. The Hall–Kier alpha value is -3.26. The molecule has 1 fully saturated rings. The fourth-order valence-electron chi connectivity index (χ4n) is 5.33. The van der Waals surface area contributed by atoms with Gasteiger partial charge in [-0.25, -0.2) is 9.97 Å². The minimum Gasteiger partial charge on any atom is -0.481 e. The van der Waals surface area contributed by atoms with Crippen molar-refractivity contribution in [2.75, 3.05) is 13.1 Å². The van der Waals surface area contributed by atoms with Crippen LogP contribution in [0.15, 0.2) is 48.5 Å². The van der Waals surface area contributed by atoms with E-state index in [0.717, 1.165) is 79.4 Å². The van der Waals surface area contributed by atoms with Crippen LogP contribution in [-0.4, -0.2) is 38.7 Å². The molecule has 3 heterocycles. The molecule has 6 rings (SSSR count). The molecule has 8 heteroatoms. The lowest BCUT2D eigenvalue weighted by Gasteiger charge is -2.14. The highest BCUT2D eigenvalue weighted by Crippen LogP contribution is 2.41. The molecule has 1 aliphatic heterocycles. The second kappa shape index (κ2) is 9.00. The molecule has 1 aliphatic rings. The van der Waals surface area contributed by atoms with Crippen LogP contribution in [0.25, 0.3) is 42.9 Å². The number of imidazole rings is 1. The van der Waals surface area contributed by atoms with Crippen LogP contribution in [-0.2, 0) is 11.2 Å². The zero-order valence-corrected chi connectivity index (χ0v) is 21.6. The number of aromatic nitrogens is 3. The average molecular weight is 517 g/mol. The van der Waals surface area contributed by atoms with E-state index in [1.807, 2.05) is 37.3 Å². The molecule has 5 aromatic rings. The summed E-state index contributed by atoms with van der Waals surface area (Å²) in [5, 5.41) is 14.6. The predicted octanol–water partition coefficient (Wildman–Crippen LogP) is 6.41. The van der Waals surface area contributed by atoms with Gasteiger partial charge in [0.15, 0.2) is 0 Å². The first-order valence-electron chi connectivity index (χ1n) is 12.0. The summed E-state index contributed by atoms with van der Waals surface area (Å²) in [5.41, 5.74) is 7.62. The number of thiazole rings is 1. The van der Waals surface area contributed by atoms with Crippen molar-refractivity contribution in [3.8, 4) is 21.7 Å². The van der Waals surface area contributed by atoms with Crippen molar-refractivity contribution in [1.29, 1.82) is 0 Å². The van der Waals surface area contributed by atoms with E-state index in [1.165, 1.54) is 0 Å². The molecule has 0 bridgehead atoms. The molecule has 0 amide bonds. The third-order valence-corrected chi connectivity index (χ3v) is 8.37. The molecular formula is C28H25ClN4O2S. The number of nitrogens with one attached hydrogen (secondary N) is 1. The van der Waals surface area contributed by atoms with Gasteiger partial charge in [0.2, 0.25) is 0 Å². The van der Waals surface area contributed by atoms with Crippen molar-refractivity contribution in [3.05, 3.63) is 70.5 Å². The van der Waals surface area contributed by atoms with Crippen molar-refractivity contribution in [2.45, 2.75) is 32.7 Å². The fraction of sp³-hybridized carbons (Fsp3) is 0.250. The first-order valence-corrected chi connectivity index (χ1v) is 13.2. The number of hydrogen-bond acceptors (Lipinski definition) is 5. The summed E-state index contributed by atoms with van der Waals surface area (Å²) in [5.74, 6) is 0.173. The number of hydrogen-bond donors (Lipinski definition) is 2. The molecule has 0 aliphatic carbocycles. The highest BCUT2D eigenvalue weighted by molar-refractivity contribution is 7.22. The summed E-state index contributed by atoms with van der Waals surface area (Å²) < 4.78 is 3.33. The first-order chi connectivity index (χ1) is 17.4. The summed E-state index contributed by atoms with van der Waals surface area (Å²) in [6.07, 6.45) is 1.04. The SMILES string of the molecule is Cc1cc2nc(-c3ccc4nc(C)n(C5CCNC5)c4c3)sc2c(-c2ccc(Cl)cc2)c1CC(=O)O. The molecular weight excluding hydrogens is 492 g/mol. The van der Waals surface area contributed by atoms with Crippen LogP contribution in [0.5, 0.6) is 0 Å². The zero-order valence-electron chi connectivity index (χ0n) is 20.0. The Morgan fingerprint density at radius 3 is 2.61 bits per heavy atom. The Balaban J connectivity index is 1.54. The summed E-state index contributed by atoms with van der Waals surface area (Å²) in [6, 6.07) is 16.3. The van der Waals surface area contributed by atoms with Gasteiger partial charge in [0.05, 0.1) is 27.7 Å². The second-order valence-corrected chi connectivity index (χ2v) is 10.8. The third kappa shape index (κ3) is 3.97. The van der Waals surface area contributed by atoms with Gasteiger partial charge < -0.3 is 15.0 Å². The Bertz CT molecular complexity index is 1630. The number of carboxylic acid groups (broad SMARTS) is 1. The fourth-order valence-corrected chi connectivity index (χ4v) is 6.59. The topological polar surface area (TPSA) is 80.0 Å². The molecule has 0 radical (unpaired) electrons. The van der Waals surface area contributed by atoms with Gasteiger partial charge in [-0.1, -0.05) is 23.7 Å². The van der Waals surface area contributed by atoms with E-state index < -0.39 is 5.97 Å². The van der Waals surface area contributed by atoms with Gasteiger partial charge in [-0.2, -0.15) is 0 Å². The number of carbonyl (C=O) groups is 1. The summed E-state index contributed by atoms with van der Waals surface area (Å²) in [7, 11) is 0. The Labute approximate surface area is 217 Å². The minimum absolute atomic E-state index is 0.0488. The quantitative estimate of drug-likeness (QED) is 0.282. The van der Waals surface area contributed by atoms with Crippen molar-refractivity contribution in [1.82, 2.24) is 19.9 Å². The first kappa shape index (κ1) is 23.2. The Morgan fingerprint density at radius 1 is 1.11 bits per heavy atom. The van der Waals surface area contributed by atoms with E-state index in [0.29, 0.717) is 11.1 Å². The molecule has 1 unspecified atom stereocenters. The Morgan fingerprint density at radius 2 is 1.89 bits per heavy atom. The lowest BCUT2D eigenvalue weighted by atomic mass is 9.93. The lowest BCUT2D eigenvalue weighted by molar-refractivity contribution is -0.136. The summed E-state index contributed by atoms with van der Waals surface area (Å²) in [4.78, 5) is 21.6. The largest absolute Gasteiger partial charge is 0.481 e. The molecule has 2 aromatic heterocycles. The number of rotatable bonds is 5. The van der Waals surface area contributed by atoms with Crippen LogP contribution in [0.1, 0.15) is 29.4 Å². The minimum atomic E-state index is -0.854. The standard InChI is InChI=1S/C28H25ClN4O2S/c1-15-11-23-27(26(21(15)13-25(34)35)17-3-6-19(29)7-4-17)36-28(32-23)18-5-8-22-24(12-18)33(16(2)31-22)20-9-10-30-14-20/h3-8,11-12,20,30H,9-10,13-14H2,1-2H3,(H,34,35). The van der Waals surface area contributed by atoms with E-state index in [1.54, 1.807) is 11.3 Å². The maximum atomic E-state index is 11.7. The second-order valence-electron chi connectivity index (χ2n) is 9.37. The van der Waals surface area contributed by atoms with Crippen molar-refractivity contribution in [2.24, 2.45) is 0 Å². The van der Waals surface area contributed by atoms with Gasteiger partial charge in [0.1, 0.15) is 10.8 Å². The van der Waals surface area contributed by atoms with E-state index in [2.05, 4.69) is 35.0 Å². The molecule has 3 aromatic carbocycles. The number of benzene rings is 3. The number of carboxylic acids is 1. The maximum Gasteiger partial charge on any atom is 0.307 e. The number of aryl methyl sites for hydroxylation is 2. The normalized spacial score (nSPS) is 15.8. The predicted molar refractivity (Wildman–Crippen MR) is 146 cm³/mol. The van der Waals surface area contributed by atoms with Gasteiger partial charge in [0, 0.05) is 28.7 Å². The smallest absolute Gasteiger partial charge is 0.307 e. The van der Waals surface area contributed by atoms with Crippen LogP contribution in [0.4, 0.5) is 0 Å². The summed E-state index contributed by atoms with van der Waals surface area (Å²) >= 11 is 7.75. The van der Waals surface area contributed by atoms with Crippen LogP contribution in [0.2, 0.25) is 5.02 Å². The molecule has 0 saturated carbocycles. The molecule has 0 spiro atoms. The van der Waals surface area contributed by atoms with Crippen LogP contribution >= 0.6 is 22.9 Å². The monoisotopic (exact) mass is 516 g/mol. The number of aliphatic carboxylic acids is 1. The molecule has 36 heavy (non-hydrogen) atoms. The van der Waals surface area contributed by atoms with Gasteiger partial charge in [0.25, 0.3) is 0 Å². The molecule has 6 nitrogen and oxygen atoms in total. The van der Waals surface area contributed by atoms with Gasteiger partial charge in [-0.3, -0.25) is 4.79 Å². The summed E-state index contributed by atoms with van der Waals surface area (Å²) in [6.45, 7) is 6.00. The molecule has 1 saturated heterocycles. The number of halogens is 1. The van der Waals surface area contributed by atoms with Gasteiger partial charge >= 0.3 is 5.97 Å². The van der Waals surface area contributed by atoms with Crippen molar-refractivity contribution in [3.63, 3.8) is 0 Å². The average Bonchev–Trinajstić information content (AvgIpc) is 3.57. The maximum absolute atomic E-state index is 11.7. The zero-order chi connectivity index (χ0) is 25.0. The lowest BCUT2D eigenvalue weighted by Crippen LogP contribution is -2.14. The van der Waals surface area contributed by atoms with E-state index in [-0.39, 0.29) is 6.42 Å². The number of fused-ring (bicyclic) bond motifs is 2. The van der Waals surface area contributed by atoms with E-state index in [9.17, 15) is 9.90 Å². The van der Waals surface area contributed by atoms with Gasteiger partial charge in [-0.15, -0.1) is 11.3 Å². The van der Waals surface area contributed by atoms with Crippen molar-refractivity contribution < 1.29 is 9.90 Å². The highest BCUT2D eigenvalue weighted by atomic mass is 35.5. The third-order valence-electron chi connectivity index (χ3n) is 6.98. The van der Waals surface area contributed by atoms with Crippen LogP contribution in [0.3, 0.4) is 0 Å². The molecule has 182 valence electrons. The van der Waals surface area contributed by atoms with E-state index >= 15 is 0 Å². The highest BCUT2D eigenvalue weighted by Gasteiger charge is 2.23. The van der Waals surface area contributed by atoms with E-state index in [4.69, 9.17) is 21.6 Å². The van der Waals surface area contributed by atoms with Crippen LogP contribution < -0.4 is 5.32 Å². The van der Waals surface area contributed by atoms with Crippen molar-refractivity contribution >= 4 is 50.2 Å². The van der Waals surface area contributed by atoms with Crippen LogP contribution in [0, 0.1) is 13.8 Å². The van der Waals surface area contributed by atoms with Gasteiger partial charge in [-0.05, 0) is 79.9 Å². The molecule has 1 atom stereocenters. The Kier molecular flexibility index (Phi) is 5.79. The number of nitrogens with zero attached hydrogens (tertiary/aromatic N) is 3.